The third-order valence-corrected chi connectivity index (χ3v) is 5.82. The number of ether oxygens (including phenoxy) is 1. The third-order valence-electron chi connectivity index (χ3n) is 5.82. The second kappa shape index (κ2) is 7.38. The molecule has 0 bridgehead atoms. The SMILES string of the molecule is CC(C)c1ccc([C@H]2N[C@@H](c3ccccc3)c3c(ccc4ccccc34)O2)cc1. The largest absolute Gasteiger partial charge is 0.471 e. The Hall–Kier alpha value is -3.10. The molecule has 1 N–H and O–H groups in total. The molecule has 29 heavy (non-hydrogen) atoms. The van der Waals surface area contributed by atoms with Crippen molar-refractivity contribution in [3.63, 3.8) is 0 Å². The molecule has 1 aliphatic rings. The van der Waals surface area contributed by atoms with Gasteiger partial charge in [-0.05, 0) is 33.9 Å². The van der Waals surface area contributed by atoms with Gasteiger partial charge in [-0.15, -0.1) is 0 Å². The molecule has 2 nitrogen and oxygen atoms in total. The summed E-state index contributed by atoms with van der Waals surface area (Å²) in [5.41, 5.74) is 4.95. The second-order valence-corrected chi connectivity index (χ2v) is 8.03. The first-order valence-electron chi connectivity index (χ1n) is 10.3. The fourth-order valence-corrected chi connectivity index (χ4v) is 4.20. The van der Waals surface area contributed by atoms with Crippen LogP contribution in [0.3, 0.4) is 0 Å². The van der Waals surface area contributed by atoms with Gasteiger partial charge in [0.05, 0.1) is 6.04 Å². The number of fused-ring (bicyclic) bond motifs is 3. The van der Waals surface area contributed by atoms with Gasteiger partial charge in [0.25, 0.3) is 0 Å². The number of nitrogens with one attached hydrogen (secondary N) is 1. The zero-order valence-corrected chi connectivity index (χ0v) is 16.8. The van der Waals surface area contributed by atoms with Crippen LogP contribution in [0.1, 0.15) is 54.3 Å². The Morgan fingerprint density at radius 2 is 1.45 bits per heavy atom. The monoisotopic (exact) mass is 379 g/mol. The first kappa shape index (κ1) is 18.0. The van der Waals surface area contributed by atoms with E-state index in [0.717, 1.165) is 11.3 Å². The Morgan fingerprint density at radius 3 is 2.21 bits per heavy atom. The van der Waals surface area contributed by atoms with Crippen molar-refractivity contribution in [2.24, 2.45) is 0 Å². The third kappa shape index (κ3) is 3.30. The molecule has 0 saturated heterocycles. The highest BCUT2D eigenvalue weighted by atomic mass is 16.5. The van der Waals surface area contributed by atoms with Crippen molar-refractivity contribution in [2.45, 2.75) is 32.0 Å². The van der Waals surface area contributed by atoms with Crippen molar-refractivity contribution in [1.82, 2.24) is 5.32 Å². The summed E-state index contributed by atoms with van der Waals surface area (Å²) in [7, 11) is 0. The van der Waals surface area contributed by atoms with Gasteiger partial charge in [-0.1, -0.05) is 98.8 Å². The summed E-state index contributed by atoms with van der Waals surface area (Å²) >= 11 is 0. The van der Waals surface area contributed by atoms with Gasteiger partial charge in [-0.25, -0.2) is 0 Å². The summed E-state index contributed by atoms with van der Waals surface area (Å²) in [6, 6.07) is 32.3. The van der Waals surface area contributed by atoms with Gasteiger partial charge in [0.2, 0.25) is 0 Å². The van der Waals surface area contributed by atoms with Crippen molar-refractivity contribution < 1.29 is 4.74 Å². The fourth-order valence-electron chi connectivity index (χ4n) is 4.20. The van der Waals surface area contributed by atoms with E-state index in [1.165, 1.54) is 27.5 Å². The Kier molecular flexibility index (Phi) is 4.57. The maximum atomic E-state index is 6.47. The molecule has 5 rings (SSSR count). The molecule has 0 saturated carbocycles. The molecule has 0 radical (unpaired) electrons. The molecule has 2 atom stereocenters. The fraction of sp³-hybridized carbons (Fsp3) is 0.185. The number of hydrogen-bond acceptors (Lipinski definition) is 2. The normalized spacial score (nSPS) is 18.4. The van der Waals surface area contributed by atoms with Crippen molar-refractivity contribution >= 4 is 10.8 Å². The lowest BCUT2D eigenvalue weighted by atomic mass is 9.91. The summed E-state index contributed by atoms with van der Waals surface area (Å²) in [5.74, 6) is 1.47. The Labute approximate surface area is 172 Å². The van der Waals surface area contributed by atoms with Crippen molar-refractivity contribution in [1.29, 1.82) is 0 Å². The zero-order chi connectivity index (χ0) is 19.8. The van der Waals surface area contributed by atoms with Crippen LogP contribution < -0.4 is 10.1 Å². The Balaban J connectivity index is 1.62. The first-order chi connectivity index (χ1) is 14.2. The van der Waals surface area contributed by atoms with E-state index in [-0.39, 0.29) is 12.3 Å². The van der Waals surface area contributed by atoms with Crippen LogP contribution in [0.5, 0.6) is 5.75 Å². The van der Waals surface area contributed by atoms with E-state index >= 15 is 0 Å². The van der Waals surface area contributed by atoms with E-state index < -0.39 is 0 Å². The second-order valence-electron chi connectivity index (χ2n) is 8.03. The summed E-state index contributed by atoms with van der Waals surface area (Å²) in [4.78, 5) is 0. The van der Waals surface area contributed by atoms with Crippen LogP contribution in [0.15, 0.2) is 91.0 Å². The Bertz CT molecular complexity index is 1130. The number of benzene rings is 4. The molecule has 0 spiro atoms. The van der Waals surface area contributed by atoms with Crippen molar-refractivity contribution in [3.05, 3.63) is 113 Å². The van der Waals surface area contributed by atoms with Gasteiger partial charge in [-0.3, -0.25) is 5.32 Å². The maximum absolute atomic E-state index is 6.47. The van der Waals surface area contributed by atoms with Gasteiger partial charge in [0.15, 0.2) is 6.23 Å². The Morgan fingerprint density at radius 1 is 0.724 bits per heavy atom. The lowest BCUT2D eigenvalue weighted by Crippen LogP contribution is -2.35. The van der Waals surface area contributed by atoms with E-state index in [0.29, 0.717) is 5.92 Å². The summed E-state index contributed by atoms with van der Waals surface area (Å²) in [5, 5.41) is 6.23. The standard InChI is InChI=1S/C27H25NO/c1-18(2)19-12-14-22(15-13-19)27-28-26(21-9-4-3-5-10-21)25-23-11-7-6-8-20(23)16-17-24(25)29-27/h3-18,26-28H,1-2H3/t26-,27-/m0/s1. The molecule has 4 aromatic carbocycles. The molecular weight excluding hydrogens is 354 g/mol. The van der Waals surface area contributed by atoms with Crippen LogP contribution in [0.25, 0.3) is 10.8 Å². The molecule has 2 heteroatoms. The highest BCUT2D eigenvalue weighted by Gasteiger charge is 2.31. The van der Waals surface area contributed by atoms with E-state index in [4.69, 9.17) is 4.74 Å². The lowest BCUT2D eigenvalue weighted by Gasteiger charge is -2.35. The predicted molar refractivity (Wildman–Crippen MR) is 119 cm³/mol. The van der Waals surface area contributed by atoms with Gasteiger partial charge in [0.1, 0.15) is 5.75 Å². The van der Waals surface area contributed by atoms with Crippen molar-refractivity contribution in [3.8, 4) is 5.75 Å². The van der Waals surface area contributed by atoms with Gasteiger partial charge in [0, 0.05) is 11.1 Å². The van der Waals surface area contributed by atoms with Crippen LogP contribution in [0.2, 0.25) is 0 Å². The minimum Gasteiger partial charge on any atom is -0.471 e. The molecule has 144 valence electrons. The molecule has 0 fully saturated rings. The molecule has 0 unspecified atom stereocenters. The molecule has 0 amide bonds. The topological polar surface area (TPSA) is 21.3 Å². The molecule has 1 aliphatic heterocycles. The summed E-state index contributed by atoms with van der Waals surface area (Å²) in [6.45, 7) is 4.44. The van der Waals surface area contributed by atoms with Gasteiger partial charge in [-0.2, -0.15) is 0 Å². The minimum absolute atomic E-state index is 0.0702. The first-order valence-corrected chi connectivity index (χ1v) is 10.3. The molecule has 0 aliphatic carbocycles. The predicted octanol–water partition coefficient (Wildman–Crippen LogP) is 6.73. The maximum Gasteiger partial charge on any atom is 0.177 e. The number of rotatable bonds is 3. The van der Waals surface area contributed by atoms with Gasteiger partial charge >= 0.3 is 0 Å². The quantitative estimate of drug-likeness (QED) is 0.426. The van der Waals surface area contributed by atoms with E-state index in [9.17, 15) is 0 Å². The van der Waals surface area contributed by atoms with Gasteiger partial charge < -0.3 is 4.74 Å². The van der Waals surface area contributed by atoms with Crippen LogP contribution in [0, 0.1) is 0 Å². The van der Waals surface area contributed by atoms with Crippen molar-refractivity contribution in [2.75, 3.05) is 0 Å². The lowest BCUT2D eigenvalue weighted by molar-refractivity contribution is 0.133. The van der Waals surface area contributed by atoms with E-state index in [2.05, 4.69) is 110 Å². The van der Waals surface area contributed by atoms with Crippen LogP contribution in [-0.2, 0) is 0 Å². The molecule has 4 aromatic rings. The van der Waals surface area contributed by atoms with Crippen LogP contribution in [-0.4, -0.2) is 0 Å². The number of hydrogen-bond donors (Lipinski definition) is 1. The van der Waals surface area contributed by atoms with E-state index in [1.807, 2.05) is 0 Å². The smallest absolute Gasteiger partial charge is 0.177 e. The van der Waals surface area contributed by atoms with Crippen LogP contribution in [0.4, 0.5) is 0 Å². The minimum atomic E-state index is -0.185. The molecular formula is C27H25NO. The summed E-state index contributed by atoms with van der Waals surface area (Å²) in [6.07, 6.45) is -0.185. The molecule has 1 heterocycles. The van der Waals surface area contributed by atoms with E-state index in [1.54, 1.807) is 0 Å². The average Bonchev–Trinajstić information content (AvgIpc) is 2.78. The highest BCUT2D eigenvalue weighted by molar-refractivity contribution is 5.89. The average molecular weight is 380 g/mol. The highest BCUT2D eigenvalue weighted by Crippen LogP contribution is 2.42. The van der Waals surface area contributed by atoms with Crippen LogP contribution >= 0.6 is 0 Å². The zero-order valence-electron chi connectivity index (χ0n) is 16.8. The molecule has 0 aromatic heterocycles. The summed E-state index contributed by atoms with van der Waals surface area (Å²) < 4.78 is 6.47.